The number of hydrogen-bond acceptors (Lipinski definition) is 10. The van der Waals surface area contributed by atoms with Crippen molar-refractivity contribution in [1.82, 2.24) is 15.0 Å². The van der Waals surface area contributed by atoms with E-state index >= 15 is 9.59 Å². The molecular formula is C43H33Cl3F3N5O7. The Labute approximate surface area is 361 Å². The van der Waals surface area contributed by atoms with Gasteiger partial charge in [-0.1, -0.05) is 58.6 Å². The second kappa shape index (κ2) is 14.7. The smallest absolute Gasteiger partial charge is 0.433 e. The lowest BCUT2D eigenvalue weighted by Crippen LogP contribution is -2.55. The lowest BCUT2D eigenvalue weighted by Gasteiger charge is -2.51. The lowest BCUT2D eigenvalue weighted by atomic mass is 9.48. The van der Waals surface area contributed by atoms with E-state index in [1.807, 2.05) is 6.08 Å². The highest BCUT2D eigenvalue weighted by atomic mass is 35.5. The zero-order chi connectivity index (χ0) is 43.3. The molecule has 12 nitrogen and oxygen atoms in total. The van der Waals surface area contributed by atoms with Crippen molar-refractivity contribution >= 4 is 69.9 Å². The summed E-state index contributed by atoms with van der Waals surface area (Å²) in [6.45, 7) is 0. The van der Waals surface area contributed by atoms with Crippen LogP contribution in [0.1, 0.15) is 29.7 Å². The number of phenolic OH excluding ortho intramolecular Hbond substituents is 1. The van der Waals surface area contributed by atoms with E-state index in [9.17, 15) is 27.9 Å². The van der Waals surface area contributed by atoms with E-state index in [1.54, 1.807) is 42.5 Å². The summed E-state index contributed by atoms with van der Waals surface area (Å²) in [6.07, 6.45) is -1.40. The van der Waals surface area contributed by atoms with Crippen molar-refractivity contribution in [2.24, 2.45) is 29.6 Å². The van der Waals surface area contributed by atoms with Crippen LogP contribution in [0, 0.1) is 29.6 Å². The molecule has 3 aliphatic heterocycles. The number of aromatic hydroxyl groups is 1. The van der Waals surface area contributed by atoms with Gasteiger partial charge in [0.2, 0.25) is 0 Å². The molecule has 0 unspecified atom stereocenters. The quantitative estimate of drug-likeness (QED) is 0.138. The number of rotatable bonds is 7. The summed E-state index contributed by atoms with van der Waals surface area (Å²) in [7, 11) is 2.73. The molecule has 18 heteroatoms. The largest absolute Gasteiger partial charge is 0.508 e. The second-order valence-electron chi connectivity index (χ2n) is 15.5. The first-order valence-corrected chi connectivity index (χ1v) is 20.1. The number of aromatic nitrogens is 1. The van der Waals surface area contributed by atoms with Gasteiger partial charge in [-0.25, -0.2) is 4.98 Å². The molecule has 0 bridgehead atoms. The van der Waals surface area contributed by atoms with Crippen LogP contribution in [0.2, 0.25) is 15.1 Å². The third-order valence-electron chi connectivity index (χ3n) is 12.4. The number of carbonyl (C=O) groups is 4. The van der Waals surface area contributed by atoms with E-state index in [4.69, 9.17) is 44.3 Å². The molecule has 0 spiro atoms. The summed E-state index contributed by atoms with van der Waals surface area (Å²) >= 11 is 19.1. The van der Waals surface area contributed by atoms with E-state index in [0.29, 0.717) is 44.9 Å². The Hall–Kier alpha value is -5.77. The van der Waals surface area contributed by atoms with Crippen LogP contribution in [0.4, 0.5) is 24.7 Å². The maximum absolute atomic E-state index is 15.6. The molecule has 4 heterocycles. The maximum atomic E-state index is 15.6. The van der Waals surface area contributed by atoms with E-state index in [0.717, 1.165) is 21.1 Å². The number of nitrogens with zero attached hydrogens (tertiary/aromatic N) is 4. The van der Waals surface area contributed by atoms with Crippen molar-refractivity contribution in [2.75, 3.05) is 24.6 Å². The number of allylic oxidation sites excluding steroid dienone is 3. The van der Waals surface area contributed by atoms with E-state index in [2.05, 4.69) is 10.4 Å². The fraction of sp³-hybridized carbons (Fsp3) is 0.279. The number of fused-ring (bicyclic) bond motifs is 5. The number of ether oxygens (including phenoxy) is 2. The van der Waals surface area contributed by atoms with Crippen molar-refractivity contribution in [1.29, 1.82) is 0 Å². The molecule has 1 saturated carbocycles. The van der Waals surface area contributed by atoms with Gasteiger partial charge in [0, 0.05) is 30.0 Å². The summed E-state index contributed by atoms with van der Waals surface area (Å²) in [6, 6.07) is 17.6. The molecule has 3 fully saturated rings. The van der Waals surface area contributed by atoms with E-state index in [1.165, 1.54) is 38.6 Å². The second-order valence-corrected chi connectivity index (χ2v) is 16.8. The van der Waals surface area contributed by atoms with Crippen LogP contribution in [0.25, 0.3) is 0 Å². The molecule has 2 saturated heterocycles. The number of hydrogen-bond donors (Lipinski definition) is 2. The molecule has 61 heavy (non-hydrogen) atoms. The minimum Gasteiger partial charge on any atom is -0.508 e. The number of halogens is 6. The average Bonchev–Trinajstić information content (AvgIpc) is 3.61. The van der Waals surface area contributed by atoms with Crippen molar-refractivity contribution < 1.29 is 46.9 Å². The molecule has 2 aliphatic carbocycles. The zero-order valence-corrected chi connectivity index (χ0v) is 34.3. The number of benzene rings is 3. The van der Waals surface area contributed by atoms with Crippen LogP contribution >= 0.6 is 34.8 Å². The Morgan fingerprint density at radius 2 is 1.69 bits per heavy atom. The van der Waals surface area contributed by atoms with E-state index < -0.39 is 76.3 Å². The monoisotopic (exact) mass is 893 g/mol. The number of nitrogens with one attached hydrogen (secondary N) is 1. The molecule has 9 rings (SSSR count). The molecule has 4 amide bonds. The molecule has 6 atom stereocenters. The number of methoxy groups -OCH3 is 1. The molecule has 5 aliphatic rings. The van der Waals surface area contributed by atoms with Gasteiger partial charge in [-0.05, 0) is 90.6 Å². The normalized spacial score (nSPS) is 25.5. The fourth-order valence-corrected chi connectivity index (χ4v) is 10.5. The maximum Gasteiger partial charge on any atom is 0.433 e. The predicted octanol–water partition coefficient (Wildman–Crippen LogP) is 8.16. The molecule has 2 N–H and O–H groups in total. The Morgan fingerprint density at radius 1 is 0.934 bits per heavy atom. The van der Waals surface area contributed by atoms with Gasteiger partial charge in [0.15, 0.2) is 5.82 Å². The number of alkyl halides is 3. The third-order valence-corrected chi connectivity index (χ3v) is 13.3. The third kappa shape index (κ3) is 6.30. The number of hydrazine groups is 2. The zero-order valence-electron chi connectivity index (χ0n) is 32.0. The summed E-state index contributed by atoms with van der Waals surface area (Å²) in [5.41, 5.74) is 2.39. The molecule has 0 radical (unpaired) electrons. The van der Waals surface area contributed by atoms with Crippen LogP contribution in [0.5, 0.6) is 17.2 Å². The van der Waals surface area contributed by atoms with Gasteiger partial charge in [-0.3, -0.25) is 29.6 Å². The van der Waals surface area contributed by atoms with Gasteiger partial charge in [0.05, 0.1) is 52.3 Å². The van der Waals surface area contributed by atoms with Crippen LogP contribution in [0.15, 0.2) is 96.3 Å². The number of pyridine rings is 1. The Balaban J connectivity index is 1.20. The Bertz CT molecular complexity index is 2620. The minimum absolute atomic E-state index is 0.0189. The summed E-state index contributed by atoms with van der Waals surface area (Å²) in [5.74, 6) is -7.28. The Kier molecular flexibility index (Phi) is 9.79. The van der Waals surface area contributed by atoms with Crippen LogP contribution in [0.3, 0.4) is 0 Å². The predicted molar refractivity (Wildman–Crippen MR) is 216 cm³/mol. The van der Waals surface area contributed by atoms with Gasteiger partial charge in [0.25, 0.3) is 23.6 Å². The first kappa shape index (κ1) is 40.6. The summed E-state index contributed by atoms with van der Waals surface area (Å²) in [5, 5.41) is 13.3. The van der Waals surface area contributed by atoms with Gasteiger partial charge in [-0.2, -0.15) is 23.2 Å². The van der Waals surface area contributed by atoms with Gasteiger partial charge < -0.3 is 14.6 Å². The van der Waals surface area contributed by atoms with Crippen LogP contribution in [-0.4, -0.2) is 57.9 Å². The fourth-order valence-electron chi connectivity index (χ4n) is 9.85. The van der Waals surface area contributed by atoms with Gasteiger partial charge in [-0.15, -0.1) is 0 Å². The number of amides is 4. The standard InChI is InChI=1S/C43H33Cl3F3N5O7/c1-52(37-30(45)11-14-34(50-37)43(47,48)49)54-38(56)27-10-9-26-28(35(27)40(54)58)18-29-39(57)53(51-32-12-5-23(44)17-31(32)46)41(59)42(29,22-3-7-25(60-2)8-4-22)36(26)21-15-20-16-24(55)6-13-33(20)61-19-21/h3-9,11-14,16-17,19,27-29,35-36,51,55H,10,15,18H2,1-2H3/t27-,28+,29-,35-,36-,42+/m0/s1. The summed E-state index contributed by atoms with van der Waals surface area (Å²) < 4.78 is 52.9. The summed E-state index contributed by atoms with van der Waals surface area (Å²) in [4.78, 5) is 63.4. The highest BCUT2D eigenvalue weighted by Crippen LogP contribution is 2.63. The Morgan fingerprint density at radius 3 is 2.39 bits per heavy atom. The highest BCUT2D eigenvalue weighted by Gasteiger charge is 2.71. The van der Waals surface area contributed by atoms with Crippen molar-refractivity contribution in [3.8, 4) is 17.2 Å². The topological polar surface area (TPSA) is 142 Å². The lowest BCUT2D eigenvalue weighted by molar-refractivity contribution is -0.142. The molecule has 4 aromatic rings. The number of carbonyl (C=O) groups excluding carboxylic acids is 4. The average molecular weight is 895 g/mol. The first-order valence-electron chi connectivity index (χ1n) is 19.0. The van der Waals surface area contributed by atoms with Crippen molar-refractivity contribution in [3.63, 3.8) is 0 Å². The number of phenols is 1. The first-order chi connectivity index (χ1) is 29.0. The highest BCUT2D eigenvalue weighted by molar-refractivity contribution is 6.36. The number of imide groups is 2. The SMILES string of the molecule is COc1ccc([C@@]23C(=O)N(Nc4ccc(Cl)cc4Cl)C(=O)[C@@H]2C[C@@H]2C(=CC[C@@H]4C(=O)N(N(C)c5nc(C(F)(F)F)ccc5Cl)C(=O)[C@@H]42)[C@@H]3C2=COc3ccc(O)cc3C2)cc1. The molecule has 3 aromatic carbocycles. The molecule has 1 aromatic heterocycles. The van der Waals surface area contributed by atoms with Gasteiger partial charge >= 0.3 is 6.18 Å². The van der Waals surface area contributed by atoms with Crippen LogP contribution < -0.4 is 19.9 Å². The molecule has 314 valence electrons. The van der Waals surface area contributed by atoms with Crippen LogP contribution in [-0.2, 0) is 37.2 Å². The van der Waals surface area contributed by atoms with E-state index in [-0.39, 0.29) is 40.7 Å². The van der Waals surface area contributed by atoms with Gasteiger partial charge in [0.1, 0.15) is 22.9 Å². The number of anilines is 2. The van der Waals surface area contributed by atoms with Crippen molar-refractivity contribution in [3.05, 3.63) is 128 Å². The molecular weight excluding hydrogens is 862 g/mol. The minimum atomic E-state index is -4.84. The van der Waals surface area contributed by atoms with Crippen molar-refractivity contribution in [2.45, 2.75) is 30.9 Å².